The van der Waals surface area contributed by atoms with E-state index in [1.165, 1.54) is 16.6 Å². The minimum Gasteiger partial charge on any atom is -0.337 e. The number of nitrogens with one attached hydrogen (secondary N) is 3. The molecule has 0 aliphatic heterocycles. The number of aromatic nitrogens is 3. The Balaban J connectivity index is 1.62. The topological polar surface area (TPSA) is 99.8 Å². The van der Waals surface area contributed by atoms with Gasteiger partial charge >= 0.3 is 6.03 Å². The summed E-state index contributed by atoms with van der Waals surface area (Å²) in [6, 6.07) is 3.49. The number of amides is 3. The van der Waals surface area contributed by atoms with Crippen molar-refractivity contribution in [2.75, 3.05) is 12.3 Å². The van der Waals surface area contributed by atoms with Crippen molar-refractivity contribution in [2.45, 2.75) is 24.9 Å². The molecular weight excluding hydrogens is 322 g/mol. The lowest BCUT2D eigenvalue weighted by Crippen LogP contribution is -2.41. The quantitative estimate of drug-likeness (QED) is 0.665. The number of imide groups is 1. The number of hydrogen-bond donors (Lipinski definition) is 3. The fourth-order valence-corrected chi connectivity index (χ4v) is 2.92. The van der Waals surface area contributed by atoms with Gasteiger partial charge in [-0.15, -0.1) is 16.4 Å². The number of aryl methyl sites for hydroxylation is 1. The highest BCUT2D eigenvalue weighted by molar-refractivity contribution is 7.99. The highest BCUT2D eigenvalue weighted by Gasteiger charge is 2.10. The van der Waals surface area contributed by atoms with E-state index >= 15 is 0 Å². The van der Waals surface area contributed by atoms with Gasteiger partial charge in [0.05, 0.1) is 5.75 Å². The van der Waals surface area contributed by atoms with Gasteiger partial charge in [0.15, 0.2) is 0 Å². The molecule has 0 saturated carbocycles. The Morgan fingerprint density at radius 2 is 2.32 bits per heavy atom. The molecule has 2 aromatic heterocycles. The van der Waals surface area contributed by atoms with E-state index in [0.717, 1.165) is 18.7 Å². The van der Waals surface area contributed by atoms with Crippen molar-refractivity contribution in [3.05, 3.63) is 28.2 Å². The summed E-state index contributed by atoms with van der Waals surface area (Å²) in [5.41, 5.74) is 0. The van der Waals surface area contributed by atoms with Gasteiger partial charge in [-0.3, -0.25) is 15.2 Å². The third-order valence-electron chi connectivity index (χ3n) is 2.67. The molecule has 3 amide bonds. The molecule has 0 atom stereocenters. The smallest absolute Gasteiger partial charge is 0.321 e. The highest BCUT2D eigenvalue weighted by atomic mass is 32.2. The predicted molar refractivity (Wildman–Crippen MR) is 86.0 cm³/mol. The van der Waals surface area contributed by atoms with Gasteiger partial charge in [0.25, 0.3) is 0 Å². The minimum absolute atomic E-state index is 0.0966. The Morgan fingerprint density at radius 1 is 1.45 bits per heavy atom. The molecule has 0 aliphatic rings. The summed E-state index contributed by atoms with van der Waals surface area (Å²) in [6.07, 6.45) is 1.51. The zero-order valence-corrected chi connectivity index (χ0v) is 13.7. The van der Waals surface area contributed by atoms with E-state index in [0.29, 0.717) is 11.7 Å². The van der Waals surface area contributed by atoms with E-state index in [1.807, 2.05) is 24.4 Å². The Morgan fingerprint density at radius 3 is 3.00 bits per heavy atom. The Kier molecular flexibility index (Phi) is 6.41. The lowest BCUT2D eigenvalue weighted by Gasteiger charge is -2.05. The minimum atomic E-state index is -0.480. The standard InChI is InChI=1S/C13H17N5O2S2/c1-2-10-15-13(18-17-10)22-8-11(19)16-12(20)14-6-5-9-4-3-7-21-9/h3-4,7H,2,5-6,8H2,1H3,(H,15,17,18)(H2,14,16,19,20). The molecule has 0 bridgehead atoms. The molecule has 9 heteroatoms. The summed E-state index contributed by atoms with van der Waals surface area (Å²) in [7, 11) is 0. The second-order valence-electron chi connectivity index (χ2n) is 4.34. The first-order valence-corrected chi connectivity index (χ1v) is 8.68. The third kappa shape index (κ3) is 5.49. The molecule has 3 N–H and O–H groups in total. The van der Waals surface area contributed by atoms with Crippen molar-refractivity contribution in [1.29, 1.82) is 0 Å². The van der Waals surface area contributed by atoms with Crippen molar-refractivity contribution in [1.82, 2.24) is 25.8 Å². The van der Waals surface area contributed by atoms with Gasteiger partial charge in [-0.05, 0) is 17.9 Å². The highest BCUT2D eigenvalue weighted by Crippen LogP contribution is 2.11. The largest absolute Gasteiger partial charge is 0.337 e. The van der Waals surface area contributed by atoms with E-state index in [-0.39, 0.29) is 11.7 Å². The van der Waals surface area contributed by atoms with Crippen LogP contribution in [0.5, 0.6) is 0 Å². The zero-order chi connectivity index (χ0) is 15.8. The number of rotatable bonds is 7. The maximum atomic E-state index is 11.6. The summed E-state index contributed by atoms with van der Waals surface area (Å²) in [5, 5.41) is 14.2. The predicted octanol–water partition coefficient (Wildman–Crippen LogP) is 1.59. The second kappa shape index (κ2) is 8.54. The molecule has 0 aliphatic carbocycles. The van der Waals surface area contributed by atoms with Crippen LogP contribution >= 0.6 is 23.1 Å². The summed E-state index contributed by atoms with van der Waals surface area (Å²) < 4.78 is 0. The number of nitrogens with zero attached hydrogens (tertiary/aromatic N) is 2. The van der Waals surface area contributed by atoms with Gasteiger partial charge < -0.3 is 5.32 Å². The summed E-state index contributed by atoms with van der Waals surface area (Å²) in [4.78, 5) is 28.6. The Labute approximate surface area is 136 Å². The third-order valence-corrected chi connectivity index (χ3v) is 4.45. The van der Waals surface area contributed by atoms with Crippen molar-refractivity contribution in [3.8, 4) is 0 Å². The molecule has 0 aromatic carbocycles. The van der Waals surface area contributed by atoms with E-state index in [2.05, 4.69) is 25.8 Å². The van der Waals surface area contributed by atoms with Gasteiger partial charge in [0.2, 0.25) is 11.1 Å². The first-order chi connectivity index (χ1) is 10.7. The van der Waals surface area contributed by atoms with E-state index < -0.39 is 6.03 Å². The van der Waals surface area contributed by atoms with Gasteiger partial charge in [-0.2, -0.15) is 0 Å². The van der Waals surface area contributed by atoms with Crippen LogP contribution < -0.4 is 10.6 Å². The van der Waals surface area contributed by atoms with Crippen LogP contribution in [0.2, 0.25) is 0 Å². The number of urea groups is 1. The lowest BCUT2D eigenvalue weighted by atomic mass is 10.3. The molecule has 7 nitrogen and oxygen atoms in total. The summed E-state index contributed by atoms with van der Waals surface area (Å²) >= 11 is 2.82. The molecule has 2 rings (SSSR count). The van der Waals surface area contributed by atoms with Crippen molar-refractivity contribution < 1.29 is 9.59 Å². The molecule has 0 spiro atoms. The number of carbonyl (C=O) groups is 2. The maximum absolute atomic E-state index is 11.6. The van der Waals surface area contributed by atoms with Crippen LogP contribution in [0.15, 0.2) is 22.7 Å². The molecule has 2 heterocycles. The summed E-state index contributed by atoms with van der Waals surface area (Å²) in [5.74, 6) is 0.495. The van der Waals surface area contributed by atoms with Crippen LogP contribution in [0.4, 0.5) is 4.79 Å². The Hall–Kier alpha value is -1.87. The SMILES string of the molecule is CCc1nc(SCC(=O)NC(=O)NCCc2cccs2)n[nH]1. The number of H-pyrrole nitrogens is 1. The molecule has 0 unspecified atom stereocenters. The van der Waals surface area contributed by atoms with E-state index in [4.69, 9.17) is 0 Å². The first-order valence-electron chi connectivity index (χ1n) is 6.81. The average Bonchev–Trinajstić information content (AvgIpc) is 3.16. The van der Waals surface area contributed by atoms with Crippen LogP contribution in [0.1, 0.15) is 17.6 Å². The van der Waals surface area contributed by atoms with Crippen LogP contribution in [0.25, 0.3) is 0 Å². The van der Waals surface area contributed by atoms with E-state index in [9.17, 15) is 9.59 Å². The normalized spacial score (nSPS) is 10.4. The average molecular weight is 339 g/mol. The maximum Gasteiger partial charge on any atom is 0.321 e. The Bertz CT molecular complexity index is 612. The van der Waals surface area contributed by atoms with E-state index in [1.54, 1.807) is 11.3 Å². The molecule has 0 fully saturated rings. The second-order valence-corrected chi connectivity index (χ2v) is 6.32. The number of hydrogen-bond acceptors (Lipinski definition) is 6. The van der Waals surface area contributed by atoms with Gasteiger partial charge in [0.1, 0.15) is 5.82 Å². The molecule has 22 heavy (non-hydrogen) atoms. The molecule has 0 saturated heterocycles. The van der Waals surface area contributed by atoms with Crippen molar-refractivity contribution >= 4 is 35.0 Å². The number of thioether (sulfide) groups is 1. The fraction of sp³-hybridized carbons (Fsp3) is 0.385. The van der Waals surface area contributed by atoms with Crippen LogP contribution in [-0.2, 0) is 17.6 Å². The number of thiophene rings is 1. The molecular formula is C13H17N5O2S2. The molecule has 118 valence electrons. The molecule has 2 aromatic rings. The number of aromatic amines is 1. The van der Waals surface area contributed by atoms with Gasteiger partial charge in [-0.1, -0.05) is 24.8 Å². The molecule has 0 radical (unpaired) electrons. The summed E-state index contributed by atoms with van der Waals surface area (Å²) in [6.45, 7) is 2.45. The monoisotopic (exact) mass is 339 g/mol. The van der Waals surface area contributed by atoms with Gasteiger partial charge in [-0.25, -0.2) is 9.78 Å². The fourth-order valence-electron chi connectivity index (χ4n) is 1.59. The zero-order valence-electron chi connectivity index (χ0n) is 12.1. The number of carbonyl (C=O) groups excluding carboxylic acids is 2. The van der Waals surface area contributed by atoms with Crippen LogP contribution in [0, 0.1) is 0 Å². The van der Waals surface area contributed by atoms with Gasteiger partial charge in [0, 0.05) is 17.8 Å². The van der Waals surface area contributed by atoms with Crippen LogP contribution in [-0.4, -0.2) is 39.4 Å². The lowest BCUT2D eigenvalue weighted by molar-refractivity contribution is -0.117. The first kappa shape index (κ1) is 16.5. The van der Waals surface area contributed by atoms with Crippen LogP contribution in [0.3, 0.4) is 0 Å². The van der Waals surface area contributed by atoms with Crippen molar-refractivity contribution in [2.24, 2.45) is 0 Å². The van der Waals surface area contributed by atoms with Crippen molar-refractivity contribution in [3.63, 3.8) is 0 Å².